The highest BCUT2D eigenvalue weighted by Gasteiger charge is 2.08. The molecule has 2 N–H and O–H groups in total. The first kappa shape index (κ1) is 12.3. The summed E-state index contributed by atoms with van der Waals surface area (Å²) in [6, 6.07) is 1.54. The molecule has 1 rings (SSSR count). The first-order valence-electron chi connectivity index (χ1n) is 5.16. The Balaban J connectivity index is 2.24. The number of carbonyl (C=O) groups is 2. The van der Waals surface area contributed by atoms with Gasteiger partial charge in [-0.25, -0.2) is 0 Å². The van der Waals surface area contributed by atoms with Crippen LogP contribution in [-0.4, -0.2) is 24.9 Å². The van der Waals surface area contributed by atoms with E-state index in [0.29, 0.717) is 18.0 Å². The molecule has 5 heteroatoms. The molecular formula is C11H16N2O3. The standard InChI is InChI=1S/C11H16N2O3/c1-8(2)5-12-10(14)6-13-11(15)9-3-4-16-7-9/h3-4,7-8H,5-6H2,1-2H3,(H,12,14)(H,13,15). The van der Waals surface area contributed by atoms with Crippen LogP contribution >= 0.6 is 0 Å². The first-order valence-corrected chi connectivity index (χ1v) is 5.16. The fourth-order valence-electron chi connectivity index (χ4n) is 1.04. The molecular weight excluding hydrogens is 208 g/mol. The lowest BCUT2D eigenvalue weighted by molar-refractivity contribution is -0.120. The van der Waals surface area contributed by atoms with Crippen LogP contribution in [0.15, 0.2) is 23.0 Å². The molecule has 88 valence electrons. The minimum Gasteiger partial charge on any atom is -0.472 e. The molecule has 0 saturated heterocycles. The van der Waals surface area contributed by atoms with Gasteiger partial charge in [-0.2, -0.15) is 0 Å². The van der Waals surface area contributed by atoms with E-state index in [4.69, 9.17) is 4.42 Å². The number of rotatable bonds is 5. The van der Waals surface area contributed by atoms with Crippen LogP contribution in [0.5, 0.6) is 0 Å². The van der Waals surface area contributed by atoms with Gasteiger partial charge >= 0.3 is 0 Å². The van der Waals surface area contributed by atoms with Gasteiger partial charge in [-0.1, -0.05) is 13.8 Å². The lowest BCUT2D eigenvalue weighted by Crippen LogP contribution is -2.38. The Labute approximate surface area is 94.2 Å². The molecule has 16 heavy (non-hydrogen) atoms. The molecule has 0 radical (unpaired) electrons. The summed E-state index contributed by atoms with van der Waals surface area (Å²) in [6.07, 6.45) is 2.75. The molecule has 0 saturated carbocycles. The third-order valence-electron chi connectivity index (χ3n) is 1.90. The molecule has 2 amide bonds. The Morgan fingerprint density at radius 3 is 2.69 bits per heavy atom. The molecule has 0 aliphatic heterocycles. The van der Waals surface area contributed by atoms with E-state index in [2.05, 4.69) is 10.6 Å². The second kappa shape index (κ2) is 5.95. The highest BCUT2D eigenvalue weighted by molar-refractivity contribution is 5.96. The third-order valence-corrected chi connectivity index (χ3v) is 1.90. The maximum Gasteiger partial charge on any atom is 0.254 e. The van der Waals surface area contributed by atoms with Gasteiger partial charge in [0.05, 0.1) is 18.4 Å². The molecule has 0 fully saturated rings. The molecule has 1 heterocycles. The van der Waals surface area contributed by atoms with Crippen LogP contribution in [-0.2, 0) is 4.79 Å². The summed E-state index contributed by atoms with van der Waals surface area (Å²) >= 11 is 0. The van der Waals surface area contributed by atoms with Crippen molar-refractivity contribution in [2.24, 2.45) is 5.92 Å². The molecule has 0 atom stereocenters. The summed E-state index contributed by atoms with van der Waals surface area (Å²) in [6.45, 7) is 4.60. The van der Waals surface area contributed by atoms with Crippen LogP contribution in [0.3, 0.4) is 0 Å². The molecule has 0 aliphatic rings. The quantitative estimate of drug-likeness (QED) is 0.776. The van der Waals surface area contributed by atoms with E-state index in [1.807, 2.05) is 13.8 Å². The lowest BCUT2D eigenvalue weighted by Gasteiger charge is -2.07. The predicted molar refractivity (Wildman–Crippen MR) is 58.9 cm³/mol. The fraction of sp³-hybridized carbons (Fsp3) is 0.455. The average molecular weight is 224 g/mol. The van der Waals surface area contributed by atoms with E-state index in [1.54, 1.807) is 6.07 Å². The molecule has 1 aromatic rings. The van der Waals surface area contributed by atoms with Crippen molar-refractivity contribution in [3.63, 3.8) is 0 Å². The maximum atomic E-state index is 11.4. The SMILES string of the molecule is CC(C)CNC(=O)CNC(=O)c1ccoc1. The largest absolute Gasteiger partial charge is 0.472 e. The average Bonchev–Trinajstić information content (AvgIpc) is 2.76. The Morgan fingerprint density at radius 2 is 2.12 bits per heavy atom. The van der Waals surface area contributed by atoms with Gasteiger partial charge in [0.15, 0.2) is 0 Å². The van der Waals surface area contributed by atoms with Gasteiger partial charge in [0.25, 0.3) is 5.91 Å². The predicted octanol–water partition coefficient (Wildman–Crippen LogP) is 0.782. The third kappa shape index (κ3) is 4.16. The number of hydrogen-bond donors (Lipinski definition) is 2. The summed E-state index contributed by atoms with van der Waals surface area (Å²) in [4.78, 5) is 22.7. The van der Waals surface area contributed by atoms with Gasteiger partial charge in [0.2, 0.25) is 5.91 Å². The maximum absolute atomic E-state index is 11.4. The normalized spacial score (nSPS) is 10.2. The highest BCUT2D eigenvalue weighted by atomic mass is 16.3. The molecule has 1 aromatic heterocycles. The summed E-state index contributed by atoms with van der Waals surface area (Å²) in [5.41, 5.74) is 0.414. The Hall–Kier alpha value is -1.78. The van der Waals surface area contributed by atoms with Crippen molar-refractivity contribution >= 4 is 11.8 Å². The Bertz CT molecular complexity index is 344. The van der Waals surface area contributed by atoms with E-state index in [9.17, 15) is 9.59 Å². The van der Waals surface area contributed by atoms with Crippen molar-refractivity contribution in [2.45, 2.75) is 13.8 Å². The molecule has 0 spiro atoms. The number of amides is 2. The van der Waals surface area contributed by atoms with Crippen LogP contribution in [0.2, 0.25) is 0 Å². The van der Waals surface area contributed by atoms with Crippen LogP contribution < -0.4 is 10.6 Å². The highest BCUT2D eigenvalue weighted by Crippen LogP contribution is 1.98. The number of nitrogens with one attached hydrogen (secondary N) is 2. The van der Waals surface area contributed by atoms with Crippen molar-refractivity contribution in [3.05, 3.63) is 24.2 Å². The van der Waals surface area contributed by atoms with Crippen LogP contribution in [0.25, 0.3) is 0 Å². The topological polar surface area (TPSA) is 71.3 Å². The van der Waals surface area contributed by atoms with Gasteiger partial charge in [-0.15, -0.1) is 0 Å². The zero-order valence-corrected chi connectivity index (χ0v) is 9.45. The van der Waals surface area contributed by atoms with Crippen molar-refractivity contribution in [3.8, 4) is 0 Å². The minimum absolute atomic E-state index is 0.0171. The second-order valence-electron chi connectivity index (χ2n) is 3.89. The van der Waals surface area contributed by atoms with Gasteiger partial charge in [0.1, 0.15) is 6.26 Å². The van der Waals surface area contributed by atoms with Gasteiger partial charge in [-0.3, -0.25) is 9.59 Å². The monoisotopic (exact) mass is 224 g/mol. The smallest absolute Gasteiger partial charge is 0.254 e. The van der Waals surface area contributed by atoms with Crippen LogP contribution in [0, 0.1) is 5.92 Å². The number of hydrogen-bond acceptors (Lipinski definition) is 3. The summed E-state index contributed by atoms with van der Waals surface area (Å²) < 4.78 is 4.76. The van der Waals surface area contributed by atoms with Gasteiger partial charge < -0.3 is 15.1 Å². The van der Waals surface area contributed by atoms with E-state index in [1.165, 1.54) is 12.5 Å². The molecule has 0 bridgehead atoms. The van der Waals surface area contributed by atoms with E-state index in [-0.39, 0.29) is 18.4 Å². The zero-order chi connectivity index (χ0) is 12.0. The Morgan fingerprint density at radius 1 is 1.38 bits per heavy atom. The second-order valence-corrected chi connectivity index (χ2v) is 3.89. The van der Waals surface area contributed by atoms with Crippen molar-refractivity contribution in [1.29, 1.82) is 0 Å². The molecule has 0 unspecified atom stereocenters. The van der Waals surface area contributed by atoms with E-state index < -0.39 is 0 Å². The summed E-state index contributed by atoms with van der Waals surface area (Å²) in [5.74, 6) is -0.104. The molecule has 0 aliphatic carbocycles. The number of furan rings is 1. The fourth-order valence-corrected chi connectivity index (χ4v) is 1.04. The van der Waals surface area contributed by atoms with Crippen LogP contribution in [0.1, 0.15) is 24.2 Å². The van der Waals surface area contributed by atoms with E-state index >= 15 is 0 Å². The number of carbonyl (C=O) groups excluding carboxylic acids is 2. The van der Waals surface area contributed by atoms with Gasteiger partial charge in [-0.05, 0) is 12.0 Å². The Kier molecular flexibility index (Phi) is 4.57. The van der Waals surface area contributed by atoms with Crippen LogP contribution in [0.4, 0.5) is 0 Å². The van der Waals surface area contributed by atoms with E-state index in [0.717, 1.165) is 0 Å². The van der Waals surface area contributed by atoms with Crippen molar-refractivity contribution in [2.75, 3.05) is 13.1 Å². The molecule has 0 aromatic carbocycles. The first-order chi connectivity index (χ1) is 7.59. The van der Waals surface area contributed by atoms with Crippen molar-refractivity contribution in [1.82, 2.24) is 10.6 Å². The summed E-state index contributed by atoms with van der Waals surface area (Å²) in [5, 5.41) is 5.20. The molecule has 5 nitrogen and oxygen atoms in total. The zero-order valence-electron chi connectivity index (χ0n) is 9.45. The summed E-state index contributed by atoms with van der Waals surface area (Å²) in [7, 11) is 0. The van der Waals surface area contributed by atoms with Crippen molar-refractivity contribution < 1.29 is 14.0 Å². The lowest BCUT2D eigenvalue weighted by atomic mass is 10.2. The van der Waals surface area contributed by atoms with Gasteiger partial charge in [0, 0.05) is 6.54 Å². The minimum atomic E-state index is -0.312.